The van der Waals surface area contributed by atoms with E-state index >= 15 is 0 Å². The number of methoxy groups -OCH3 is 1. The molecular weight excluding hydrogens is 252 g/mol. The Hall–Kier alpha value is -1.77. The number of ether oxygens (including phenoxy) is 2. The number of carbonyl (C=O) groups excluding carboxylic acids is 1. The van der Waals surface area contributed by atoms with E-state index < -0.39 is 0 Å². The summed E-state index contributed by atoms with van der Waals surface area (Å²) in [6.45, 7) is 8.25. The summed E-state index contributed by atoms with van der Waals surface area (Å²) in [6, 6.07) is 7.84. The first-order valence-electron chi connectivity index (χ1n) is 7.04. The van der Waals surface area contributed by atoms with E-state index in [0.29, 0.717) is 0 Å². The maximum atomic E-state index is 11.4. The summed E-state index contributed by atoms with van der Waals surface area (Å²) in [6.07, 6.45) is 2.73. The summed E-state index contributed by atoms with van der Waals surface area (Å²) in [7, 11) is 1.39. The topological polar surface area (TPSA) is 35.5 Å². The van der Waals surface area contributed by atoms with Crippen molar-refractivity contribution in [2.24, 2.45) is 5.92 Å². The first-order chi connectivity index (χ1) is 9.47. The average Bonchev–Trinajstić information content (AvgIpc) is 2.45. The van der Waals surface area contributed by atoms with Crippen LogP contribution in [-0.4, -0.2) is 19.2 Å². The zero-order valence-corrected chi connectivity index (χ0v) is 13.0. The van der Waals surface area contributed by atoms with Gasteiger partial charge in [0.25, 0.3) is 0 Å². The fourth-order valence-corrected chi connectivity index (χ4v) is 1.81. The van der Waals surface area contributed by atoms with Crippen molar-refractivity contribution < 1.29 is 14.3 Å². The van der Waals surface area contributed by atoms with E-state index in [0.717, 1.165) is 23.3 Å². The predicted octanol–water partition coefficient (Wildman–Crippen LogP) is 4.08. The molecule has 0 spiro atoms. The van der Waals surface area contributed by atoms with Gasteiger partial charge >= 0.3 is 5.97 Å². The third-order valence-electron chi connectivity index (χ3n) is 3.20. The number of hydrogen-bond acceptors (Lipinski definition) is 3. The largest absolute Gasteiger partial charge is 0.491 e. The lowest BCUT2D eigenvalue weighted by Gasteiger charge is -2.15. The highest BCUT2D eigenvalue weighted by atomic mass is 16.5. The van der Waals surface area contributed by atoms with Crippen LogP contribution in [0.25, 0.3) is 5.57 Å². The van der Waals surface area contributed by atoms with Crippen LogP contribution in [0.4, 0.5) is 0 Å². The summed E-state index contributed by atoms with van der Waals surface area (Å²) in [5.74, 6) is 0.772. The molecule has 0 amide bonds. The SMILES string of the molecule is CCC(C)Oc1ccc(C(=CC(=O)OC)C(C)C)cc1. The van der Waals surface area contributed by atoms with Crippen molar-refractivity contribution in [3.63, 3.8) is 0 Å². The maximum Gasteiger partial charge on any atom is 0.330 e. The van der Waals surface area contributed by atoms with Crippen molar-refractivity contribution in [1.29, 1.82) is 0 Å². The third kappa shape index (κ3) is 4.72. The van der Waals surface area contributed by atoms with Gasteiger partial charge in [-0.1, -0.05) is 32.9 Å². The van der Waals surface area contributed by atoms with Crippen LogP contribution in [0, 0.1) is 5.92 Å². The van der Waals surface area contributed by atoms with Crippen molar-refractivity contribution in [3.8, 4) is 5.75 Å². The van der Waals surface area contributed by atoms with Crippen LogP contribution in [0.15, 0.2) is 30.3 Å². The van der Waals surface area contributed by atoms with E-state index in [1.165, 1.54) is 7.11 Å². The molecule has 3 nitrogen and oxygen atoms in total. The number of esters is 1. The van der Waals surface area contributed by atoms with E-state index in [4.69, 9.17) is 9.47 Å². The van der Waals surface area contributed by atoms with Crippen LogP contribution in [0.1, 0.15) is 39.7 Å². The van der Waals surface area contributed by atoms with Crippen molar-refractivity contribution in [2.75, 3.05) is 7.11 Å². The monoisotopic (exact) mass is 276 g/mol. The molecule has 0 aromatic heterocycles. The highest BCUT2D eigenvalue weighted by Crippen LogP contribution is 2.25. The molecule has 1 atom stereocenters. The second-order valence-corrected chi connectivity index (χ2v) is 5.14. The molecule has 1 rings (SSSR count). The summed E-state index contributed by atoms with van der Waals surface area (Å²) in [5.41, 5.74) is 1.98. The lowest BCUT2D eigenvalue weighted by atomic mass is 9.95. The van der Waals surface area contributed by atoms with Crippen LogP contribution >= 0.6 is 0 Å². The van der Waals surface area contributed by atoms with Crippen molar-refractivity contribution in [3.05, 3.63) is 35.9 Å². The molecule has 0 saturated carbocycles. The van der Waals surface area contributed by atoms with Gasteiger partial charge in [0.05, 0.1) is 13.2 Å². The Morgan fingerprint density at radius 3 is 2.25 bits per heavy atom. The maximum absolute atomic E-state index is 11.4. The molecule has 0 N–H and O–H groups in total. The van der Waals surface area contributed by atoms with E-state index in [1.807, 2.05) is 31.2 Å². The number of hydrogen-bond donors (Lipinski definition) is 0. The van der Waals surface area contributed by atoms with Gasteiger partial charge in [-0.3, -0.25) is 0 Å². The zero-order valence-electron chi connectivity index (χ0n) is 13.0. The highest BCUT2D eigenvalue weighted by molar-refractivity contribution is 5.91. The molecule has 1 aromatic rings. The van der Waals surface area contributed by atoms with Gasteiger partial charge in [0.15, 0.2) is 0 Å². The minimum absolute atomic E-state index is 0.205. The van der Waals surface area contributed by atoms with Crippen LogP contribution in [0.3, 0.4) is 0 Å². The minimum Gasteiger partial charge on any atom is -0.491 e. The van der Waals surface area contributed by atoms with Gasteiger partial charge in [0, 0.05) is 6.08 Å². The summed E-state index contributed by atoms with van der Waals surface area (Å²) < 4.78 is 10.5. The molecule has 0 saturated heterocycles. The van der Waals surface area contributed by atoms with Gasteiger partial charge in [-0.05, 0) is 42.5 Å². The van der Waals surface area contributed by atoms with Gasteiger partial charge in [-0.25, -0.2) is 4.79 Å². The van der Waals surface area contributed by atoms with E-state index in [1.54, 1.807) is 6.08 Å². The van der Waals surface area contributed by atoms with Crippen LogP contribution in [0.5, 0.6) is 5.75 Å². The van der Waals surface area contributed by atoms with Gasteiger partial charge in [0.2, 0.25) is 0 Å². The molecule has 1 aromatic carbocycles. The summed E-state index contributed by atoms with van der Waals surface area (Å²) >= 11 is 0. The Morgan fingerprint density at radius 1 is 1.20 bits per heavy atom. The minimum atomic E-state index is -0.325. The molecule has 0 heterocycles. The first-order valence-corrected chi connectivity index (χ1v) is 7.04. The fourth-order valence-electron chi connectivity index (χ4n) is 1.81. The number of rotatable bonds is 6. The normalized spacial score (nSPS) is 13.2. The first kappa shape index (κ1) is 16.3. The lowest BCUT2D eigenvalue weighted by Crippen LogP contribution is -2.09. The Labute approximate surface area is 121 Å². The smallest absolute Gasteiger partial charge is 0.330 e. The Bertz CT molecular complexity index is 458. The zero-order chi connectivity index (χ0) is 15.1. The summed E-state index contributed by atoms with van der Waals surface area (Å²) in [4.78, 5) is 11.4. The van der Waals surface area contributed by atoms with Crippen molar-refractivity contribution in [1.82, 2.24) is 0 Å². The molecule has 110 valence electrons. The molecule has 0 fully saturated rings. The van der Waals surface area contributed by atoms with Crippen LogP contribution in [-0.2, 0) is 9.53 Å². The Kier molecular flexibility index (Phi) is 6.29. The molecule has 3 heteroatoms. The van der Waals surface area contributed by atoms with Gasteiger partial charge in [-0.15, -0.1) is 0 Å². The molecule has 0 aliphatic heterocycles. The van der Waals surface area contributed by atoms with Crippen LogP contribution < -0.4 is 4.74 Å². The molecule has 0 bridgehead atoms. The average molecular weight is 276 g/mol. The van der Waals surface area contributed by atoms with Crippen molar-refractivity contribution in [2.45, 2.75) is 40.2 Å². The van der Waals surface area contributed by atoms with E-state index in [-0.39, 0.29) is 18.0 Å². The molecule has 0 aliphatic carbocycles. The second kappa shape index (κ2) is 7.73. The third-order valence-corrected chi connectivity index (χ3v) is 3.20. The van der Waals surface area contributed by atoms with E-state index in [2.05, 4.69) is 20.8 Å². The molecular formula is C17H24O3. The van der Waals surface area contributed by atoms with Gasteiger partial charge in [0.1, 0.15) is 5.75 Å². The lowest BCUT2D eigenvalue weighted by molar-refractivity contribution is -0.134. The Morgan fingerprint density at radius 2 is 1.80 bits per heavy atom. The van der Waals surface area contributed by atoms with Gasteiger partial charge < -0.3 is 9.47 Å². The quantitative estimate of drug-likeness (QED) is 0.580. The predicted molar refractivity (Wildman–Crippen MR) is 81.7 cm³/mol. The highest BCUT2D eigenvalue weighted by Gasteiger charge is 2.10. The summed E-state index contributed by atoms with van der Waals surface area (Å²) in [5, 5.41) is 0. The molecule has 0 aliphatic rings. The number of carbonyl (C=O) groups is 1. The van der Waals surface area contributed by atoms with Crippen molar-refractivity contribution >= 4 is 11.5 Å². The number of allylic oxidation sites excluding steroid dienone is 1. The van der Waals surface area contributed by atoms with Gasteiger partial charge in [-0.2, -0.15) is 0 Å². The standard InChI is InChI=1S/C17H24O3/c1-6-13(4)20-15-9-7-14(8-10-15)16(12(2)3)11-17(18)19-5/h7-13H,6H2,1-5H3. The number of benzene rings is 1. The molecule has 0 radical (unpaired) electrons. The fraction of sp³-hybridized carbons (Fsp3) is 0.471. The Balaban J connectivity index is 2.94. The van der Waals surface area contributed by atoms with E-state index in [9.17, 15) is 4.79 Å². The molecule has 1 unspecified atom stereocenters. The second-order valence-electron chi connectivity index (χ2n) is 5.14. The van der Waals surface area contributed by atoms with Crippen LogP contribution in [0.2, 0.25) is 0 Å². The molecule has 20 heavy (non-hydrogen) atoms.